The largest absolute Gasteiger partial charge is 0.270 e. The van der Waals surface area contributed by atoms with Crippen LogP contribution in [0.25, 0.3) is 0 Å². The molecule has 2 N–H and O–H groups in total. The molecule has 7 heteroatoms. The highest BCUT2D eigenvalue weighted by Crippen LogP contribution is 2.21. The van der Waals surface area contributed by atoms with Crippen molar-refractivity contribution in [2.45, 2.75) is 0 Å². The van der Waals surface area contributed by atoms with Gasteiger partial charge in [0, 0.05) is 6.54 Å². The molecule has 0 spiro atoms. The Bertz CT molecular complexity index is 579. The SMILES string of the molecule is C=CCN1C(=O)c2ccccc2C1=O.CS(N)(=O)=O. The van der Waals surface area contributed by atoms with Crippen LogP contribution in [0.4, 0.5) is 0 Å². The van der Waals surface area contributed by atoms with Gasteiger partial charge >= 0.3 is 0 Å². The fourth-order valence-corrected chi connectivity index (χ4v) is 1.53. The van der Waals surface area contributed by atoms with E-state index in [1.165, 1.54) is 4.90 Å². The van der Waals surface area contributed by atoms with Crippen molar-refractivity contribution in [1.29, 1.82) is 0 Å². The van der Waals surface area contributed by atoms with Crippen molar-refractivity contribution in [3.05, 3.63) is 48.0 Å². The van der Waals surface area contributed by atoms with Crippen molar-refractivity contribution < 1.29 is 18.0 Å². The van der Waals surface area contributed by atoms with Crippen molar-refractivity contribution in [3.63, 3.8) is 0 Å². The highest BCUT2D eigenvalue weighted by Gasteiger charge is 2.33. The second-order valence-electron chi connectivity index (χ2n) is 3.88. The Morgan fingerprint density at radius 2 is 1.58 bits per heavy atom. The molecule has 0 unspecified atom stereocenters. The molecule has 0 fully saturated rings. The van der Waals surface area contributed by atoms with E-state index < -0.39 is 10.0 Å². The molecule has 1 aromatic rings. The molecule has 0 saturated heterocycles. The third-order valence-corrected chi connectivity index (χ3v) is 2.19. The molecule has 0 radical (unpaired) electrons. The maximum atomic E-state index is 11.7. The minimum Gasteiger partial charge on any atom is -0.270 e. The zero-order valence-corrected chi connectivity index (χ0v) is 11.2. The number of primary sulfonamides is 1. The van der Waals surface area contributed by atoms with Gasteiger partial charge in [0.15, 0.2) is 0 Å². The van der Waals surface area contributed by atoms with Crippen LogP contribution in [0.3, 0.4) is 0 Å². The monoisotopic (exact) mass is 282 g/mol. The molecule has 1 aliphatic heterocycles. The van der Waals surface area contributed by atoms with Crippen LogP contribution in [-0.2, 0) is 10.0 Å². The number of sulfonamides is 1. The van der Waals surface area contributed by atoms with Crippen molar-refractivity contribution in [3.8, 4) is 0 Å². The molecule has 0 aromatic heterocycles. The summed E-state index contributed by atoms with van der Waals surface area (Å²) in [6.45, 7) is 3.78. The summed E-state index contributed by atoms with van der Waals surface area (Å²) in [6, 6.07) is 6.83. The molecule has 2 amide bonds. The van der Waals surface area contributed by atoms with E-state index in [0.717, 1.165) is 6.26 Å². The fraction of sp³-hybridized carbons (Fsp3) is 0.167. The predicted octanol–water partition coefficient (Wildman–Crippen LogP) is 0.373. The van der Waals surface area contributed by atoms with Crippen LogP contribution in [0.5, 0.6) is 0 Å². The highest BCUT2D eigenvalue weighted by molar-refractivity contribution is 7.88. The maximum Gasteiger partial charge on any atom is 0.261 e. The third kappa shape index (κ3) is 4.01. The number of benzene rings is 1. The second kappa shape index (κ2) is 5.77. The fourth-order valence-electron chi connectivity index (χ4n) is 1.53. The highest BCUT2D eigenvalue weighted by atomic mass is 32.2. The number of hydrogen-bond donors (Lipinski definition) is 1. The van der Waals surface area contributed by atoms with Gasteiger partial charge in [0.25, 0.3) is 11.8 Å². The van der Waals surface area contributed by atoms with E-state index in [0.29, 0.717) is 11.1 Å². The van der Waals surface area contributed by atoms with E-state index in [9.17, 15) is 18.0 Å². The lowest BCUT2D eigenvalue weighted by Gasteiger charge is -2.09. The number of carbonyl (C=O) groups excluding carboxylic acids is 2. The van der Waals surface area contributed by atoms with E-state index in [2.05, 4.69) is 11.7 Å². The van der Waals surface area contributed by atoms with Gasteiger partial charge in [-0.2, -0.15) is 0 Å². The smallest absolute Gasteiger partial charge is 0.261 e. The molecule has 2 rings (SSSR count). The van der Waals surface area contributed by atoms with Gasteiger partial charge in [0.2, 0.25) is 10.0 Å². The van der Waals surface area contributed by atoms with Gasteiger partial charge in [0.1, 0.15) is 0 Å². The summed E-state index contributed by atoms with van der Waals surface area (Å²) < 4.78 is 18.8. The number of rotatable bonds is 2. The Hall–Kier alpha value is -1.99. The van der Waals surface area contributed by atoms with Crippen LogP contribution in [0.2, 0.25) is 0 Å². The molecular weight excluding hydrogens is 268 g/mol. The number of imide groups is 1. The first kappa shape index (κ1) is 15.1. The standard InChI is InChI=1S/C11H9NO2.CH5NO2S/c1-2-7-12-10(13)8-5-3-4-6-9(8)11(12)14;1-5(2,3)4/h2-6H,1,7H2;1H3,(H2,2,3,4). The number of amides is 2. The van der Waals surface area contributed by atoms with E-state index >= 15 is 0 Å². The van der Waals surface area contributed by atoms with E-state index in [1.807, 2.05) is 0 Å². The number of fused-ring (bicyclic) bond motifs is 1. The zero-order chi connectivity index (χ0) is 14.6. The molecular formula is C12H14N2O4S. The molecule has 102 valence electrons. The number of hydrogen-bond acceptors (Lipinski definition) is 4. The van der Waals surface area contributed by atoms with Gasteiger partial charge < -0.3 is 0 Å². The molecule has 1 heterocycles. The summed E-state index contributed by atoms with van der Waals surface area (Å²) in [5, 5.41) is 4.33. The molecule has 0 bridgehead atoms. The van der Waals surface area contributed by atoms with Gasteiger partial charge in [-0.15, -0.1) is 6.58 Å². The summed E-state index contributed by atoms with van der Waals surface area (Å²) in [5.41, 5.74) is 0.971. The third-order valence-electron chi connectivity index (χ3n) is 2.19. The lowest BCUT2D eigenvalue weighted by molar-refractivity contribution is 0.0672. The van der Waals surface area contributed by atoms with Crippen LogP contribution in [0, 0.1) is 0 Å². The Labute approximate surface area is 111 Å². The van der Waals surface area contributed by atoms with Gasteiger partial charge in [0.05, 0.1) is 17.4 Å². The molecule has 0 aliphatic carbocycles. The van der Waals surface area contributed by atoms with E-state index in [4.69, 9.17) is 0 Å². The lowest BCUT2D eigenvalue weighted by atomic mass is 10.1. The molecule has 6 nitrogen and oxygen atoms in total. The van der Waals surface area contributed by atoms with Crippen molar-refractivity contribution >= 4 is 21.8 Å². The van der Waals surface area contributed by atoms with Gasteiger partial charge in [-0.05, 0) is 12.1 Å². The number of carbonyl (C=O) groups is 2. The van der Waals surface area contributed by atoms with E-state index in [1.54, 1.807) is 30.3 Å². The van der Waals surface area contributed by atoms with Crippen LogP contribution in [-0.4, -0.2) is 37.9 Å². The Kier molecular flexibility index (Phi) is 4.57. The first-order valence-electron chi connectivity index (χ1n) is 5.29. The molecule has 0 saturated carbocycles. The van der Waals surface area contributed by atoms with Gasteiger partial charge in [-0.3, -0.25) is 14.5 Å². The second-order valence-corrected chi connectivity index (χ2v) is 5.54. The van der Waals surface area contributed by atoms with Gasteiger partial charge in [-0.25, -0.2) is 13.6 Å². The van der Waals surface area contributed by atoms with Crippen molar-refractivity contribution in [1.82, 2.24) is 4.90 Å². The average molecular weight is 282 g/mol. The van der Waals surface area contributed by atoms with Crippen LogP contribution in [0.1, 0.15) is 20.7 Å². The van der Waals surface area contributed by atoms with Crippen LogP contribution in [0.15, 0.2) is 36.9 Å². The molecule has 0 atom stereocenters. The normalized spacial score (nSPS) is 13.7. The minimum atomic E-state index is -3.17. The Morgan fingerprint density at radius 3 is 1.89 bits per heavy atom. The quantitative estimate of drug-likeness (QED) is 0.626. The Balaban J connectivity index is 0.000000312. The van der Waals surface area contributed by atoms with Crippen LogP contribution < -0.4 is 5.14 Å². The molecule has 19 heavy (non-hydrogen) atoms. The van der Waals surface area contributed by atoms with E-state index in [-0.39, 0.29) is 18.4 Å². The van der Waals surface area contributed by atoms with Gasteiger partial charge in [-0.1, -0.05) is 18.2 Å². The summed E-state index contributed by atoms with van der Waals surface area (Å²) in [5.74, 6) is -0.462. The number of nitrogens with two attached hydrogens (primary N) is 1. The minimum absolute atomic E-state index is 0.231. The van der Waals surface area contributed by atoms with Crippen molar-refractivity contribution in [2.75, 3.05) is 12.8 Å². The zero-order valence-electron chi connectivity index (χ0n) is 10.4. The lowest BCUT2D eigenvalue weighted by Crippen LogP contribution is -2.29. The average Bonchev–Trinajstić information content (AvgIpc) is 2.54. The topological polar surface area (TPSA) is 97.5 Å². The maximum absolute atomic E-state index is 11.7. The Morgan fingerprint density at radius 1 is 1.21 bits per heavy atom. The first-order valence-corrected chi connectivity index (χ1v) is 7.25. The summed E-state index contributed by atoms with van der Waals surface area (Å²) in [4.78, 5) is 24.5. The summed E-state index contributed by atoms with van der Waals surface area (Å²) in [6.07, 6.45) is 2.48. The summed E-state index contributed by atoms with van der Waals surface area (Å²) >= 11 is 0. The molecule has 1 aliphatic rings. The van der Waals surface area contributed by atoms with Crippen LogP contribution >= 0.6 is 0 Å². The van der Waals surface area contributed by atoms with Crippen molar-refractivity contribution in [2.24, 2.45) is 5.14 Å². The molecule has 1 aromatic carbocycles. The predicted molar refractivity (Wildman–Crippen MR) is 71.0 cm³/mol. The first-order chi connectivity index (χ1) is 8.75. The summed E-state index contributed by atoms with van der Waals surface area (Å²) in [7, 11) is -3.17. The number of nitrogens with zero attached hydrogens (tertiary/aromatic N) is 1.